The largest absolute Gasteiger partial charge is 0.495 e. The van der Waals surface area contributed by atoms with Gasteiger partial charge in [-0.15, -0.1) is 0 Å². The molecule has 2 aromatic rings. The summed E-state index contributed by atoms with van der Waals surface area (Å²) < 4.78 is 7.17. The third-order valence-corrected chi connectivity index (χ3v) is 3.90. The molecule has 0 saturated heterocycles. The second-order valence-corrected chi connectivity index (χ2v) is 5.16. The Hall–Kier alpha value is -1.68. The van der Waals surface area contributed by atoms with Crippen LogP contribution in [0.3, 0.4) is 0 Å². The zero-order valence-corrected chi connectivity index (χ0v) is 11.6. The monoisotopic (exact) mass is 277 g/mol. The predicted molar refractivity (Wildman–Crippen MR) is 76.2 cm³/mol. The number of hydrogen-bond acceptors (Lipinski definition) is 3. The van der Waals surface area contributed by atoms with Crippen LogP contribution in [0.2, 0.25) is 5.02 Å². The summed E-state index contributed by atoms with van der Waals surface area (Å²) in [4.78, 5) is 0. The Morgan fingerprint density at radius 3 is 2.89 bits per heavy atom. The predicted octanol–water partition coefficient (Wildman–Crippen LogP) is 3.00. The van der Waals surface area contributed by atoms with E-state index in [9.17, 15) is 0 Å². The van der Waals surface area contributed by atoms with Gasteiger partial charge >= 0.3 is 0 Å². The van der Waals surface area contributed by atoms with Crippen molar-refractivity contribution in [1.82, 2.24) is 9.78 Å². The van der Waals surface area contributed by atoms with Gasteiger partial charge in [-0.05, 0) is 37.8 Å². The summed E-state index contributed by atoms with van der Waals surface area (Å²) in [5.74, 6) is 1.29. The van der Waals surface area contributed by atoms with Crippen LogP contribution in [0.15, 0.2) is 18.2 Å². The van der Waals surface area contributed by atoms with Crippen molar-refractivity contribution < 1.29 is 4.74 Å². The molecule has 1 aromatic heterocycles. The van der Waals surface area contributed by atoms with Gasteiger partial charge < -0.3 is 10.5 Å². The molecule has 0 saturated carbocycles. The van der Waals surface area contributed by atoms with E-state index < -0.39 is 0 Å². The molecule has 19 heavy (non-hydrogen) atoms. The van der Waals surface area contributed by atoms with Crippen LogP contribution in [0, 0.1) is 0 Å². The Bertz CT molecular complexity index is 621. The lowest BCUT2D eigenvalue weighted by Gasteiger charge is -2.14. The minimum absolute atomic E-state index is 0.597. The number of halogens is 1. The average molecular weight is 278 g/mol. The molecule has 0 unspecified atom stereocenters. The first kappa shape index (κ1) is 12.4. The smallest absolute Gasteiger partial charge is 0.149 e. The second-order valence-electron chi connectivity index (χ2n) is 4.75. The van der Waals surface area contributed by atoms with Crippen molar-refractivity contribution in [2.75, 3.05) is 12.8 Å². The molecule has 3 rings (SSSR count). The highest BCUT2D eigenvalue weighted by Gasteiger charge is 2.20. The molecule has 0 atom stereocenters. The van der Waals surface area contributed by atoms with Gasteiger partial charge in [0.25, 0.3) is 0 Å². The van der Waals surface area contributed by atoms with E-state index in [-0.39, 0.29) is 0 Å². The summed E-state index contributed by atoms with van der Waals surface area (Å²) in [6.07, 6.45) is 4.41. The summed E-state index contributed by atoms with van der Waals surface area (Å²) in [5.41, 5.74) is 9.36. The van der Waals surface area contributed by atoms with E-state index in [0.29, 0.717) is 16.6 Å². The van der Waals surface area contributed by atoms with Gasteiger partial charge in [-0.2, -0.15) is 5.10 Å². The number of aromatic nitrogens is 2. The van der Waals surface area contributed by atoms with Gasteiger partial charge in [-0.1, -0.05) is 11.6 Å². The fourth-order valence-electron chi connectivity index (χ4n) is 2.62. The molecule has 100 valence electrons. The molecule has 0 fully saturated rings. The number of fused-ring (bicyclic) bond motifs is 1. The normalized spacial score (nSPS) is 14.2. The molecule has 1 aliphatic carbocycles. The molecule has 0 bridgehead atoms. The third kappa shape index (κ3) is 2.06. The number of rotatable bonds is 2. The summed E-state index contributed by atoms with van der Waals surface area (Å²) in [6, 6.07) is 5.65. The topological polar surface area (TPSA) is 53.1 Å². The standard InChI is InChI=1S/C14H16ClN3O/c1-19-13-8-9(6-7-11(13)15)18-12-5-3-2-4-10(12)14(16)17-18/h6-8H,2-5H2,1H3,(H2,16,17). The number of hydrogen-bond donors (Lipinski definition) is 1. The third-order valence-electron chi connectivity index (χ3n) is 3.59. The van der Waals surface area contributed by atoms with Gasteiger partial charge in [0.15, 0.2) is 0 Å². The Balaban J connectivity index is 2.12. The minimum Gasteiger partial charge on any atom is -0.495 e. The van der Waals surface area contributed by atoms with E-state index in [1.165, 1.54) is 24.1 Å². The maximum absolute atomic E-state index is 6.05. The van der Waals surface area contributed by atoms with Crippen molar-refractivity contribution >= 4 is 17.4 Å². The van der Waals surface area contributed by atoms with E-state index in [2.05, 4.69) is 5.10 Å². The highest BCUT2D eigenvalue weighted by Crippen LogP contribution is 2.31. The summed E-state index contributed by atoms with van der Waals surface area (Å²) >= 11 is 6.05. The maximum atomic E-state index is 6.05. The fraction of sp³-hybridized carbons (Fsp3) is 0.357. The van der Waals surface area contributed by atoms with Crippen LogP contribution >= 0.6 is 11.6 Å². The average Bonchev–Trinajstić information content (AvgIpc) is 2.77. The van der Waals surface area contributed by atoms with Gasteiger partial charge in [0.1, 0.15) is 11.6 Å². The second kappa shape index (κ2) is 4.78. The fourth-order valence-corrected chi connectivity index (χ4v) is 2.82. The van der Waals surface area contributed by atoms with E-state index in [1.807, 2.05) is 22.9 Å². The number of anilines is 1. The molecule has 1 aliphatic rings. The molecule has 5 heteroatoms. The first-order chi connectivity index (χ1) is 9.20. The van der Waals surface area contributed by atoms with Gasteiger partial charge in [0.05, 0.1) is 17.8 Å². The zero-order chi connectivity index (χ0) is 13.4. The lowest BCUT2D eigenvalue weighted by atomic mass is 9.97. The molecule has 1 aromatic carbocycles. The molecular weight excluding hydrogens is 262 g/mol. The first-order valence-electron chi connectivity index (χ1n) is 6.41. The number of benzene rings is 1. The van der Waals surface area contributed by atoms with Crippen molar-refractivity contribution in [2.45, 2.75) is 25.7 Å². The summed E-state index contributed by atoms with van der Waals surface area (Å²) in [6.45, 7) is 0. The molecule has 1 heterocycles. The number of nitrogen functional groups attached to an aromatic ring is 1. The number of ether oxygens (including phenoxy) is 1. The van der Waals surface area contributed by atoms with Crippen molar-refractivity contribution in [3.63, 3.8) is 0 Å². The molecule has 0 amide bonds. The van der Waals surface area contributed by atoms with E-state index in [4.69, 9.17) is 22.1 Å². The van der Waals surface area contributed by atoms with Crippen LogP contribution in [0.1, 0.15) is 24.1 Å². The molecule has 2 N–H and O–H groups in total. The van der Waals surface area contributed by atoms with Crippen LogP contribution < -0.4 is 10.5 Å². The van der Waals surface area contributed by atoms with Crippen molar-refractivity contribution in [3.05, 3.63) is 34.5 Å². The van der Waals surface area contributed by atoms with Crippen LogP contribution in [-0.4, -0.2) is 16.9 Å². The number of methoxy groups -OCH3 is 1. The number of nitrogens with zero attached hydrogens (tertiary/aromatic N) is 2. The lowest BCUT2D eigenvalue weighted by molar-refractivity contribution is 0.414. The Kier molecular flexibility index (Phi) is 3.11. The molecule has 0 aliphatic heterocycles. The van der Waals surface area contributed by atoms with E-state index in [1.54, 1.807) is 7.11 Å². The lowest BCUT2D eigenvalue weighted by Crippen LogP contribution is -2.08. The highest BCUT2D eigenvalue weighted by molar-refractivity contribution is 6.32. The van der Waals surface area contributed by atoms with Crippen LogP contribution in [0.25, 0.3) is 5.69 Å². The zero-order valence-electron chi connectivity index (χ0n) is 10.8. The quantitative estimate of drug-likeness (QED) is 0.918. The van der Waals surface area contributed by atoms with Crippen LogP contribution in [0.4, 0.5) is 5.82 Å². The number of nitrogens with two attached hydrogens (primary N) is 1. The molecule has 0 radical (unpaired) electrons. The Morgan fingerprint density at radius 2 is 2.11 bits per heavy atom. The van der Waals surface area contributed by atoms with Crippen molar-refractivity contribution in [3.8, 4) is 11.4 Å². The molecule has 0 spiro atoms. The first-order valence-corrected chi connectivity index (χ1v) is 6.78. The van der Waals surface area contributed by atoms with Gasteiger partial charge in [-0.25, -0.2) is 4.68 Å². The van der Waals surface area contributed by atoms with Gasteiger partial charge in [0, 0.05) is 17.3 Å². The van der Waals surface area contributed by atoms with Crippen molar-refractivity contribution in [1.29, 1.82) is 0 Å². The Labute approximate surface area is 117 Å². The highest BCUT2D eigenvalue weighted by atomic mass is 35.5. The molecular formula is C14H16ClN3O. The maximum Gasteiger partial charge on any atom is 0.149 e. The molecule has 4 nitrogen and oxygen atoms in total. The summed E-state index contributed by atoms with van der Waals surface area (Å²) in [5, 5.41) is 5.06. The van der Waals surface area contributed by atoms with Crippen molar-refractivity contribution in [2.24, 2.45) is 0 Å². The van der Waals surface area contributed by atoms with E-state index in [0.717, 1.165) is 18.5 Å². The van der Waals surface area contributed by atoms with Crippen LogP contribution in [-0.2, 0) is 12.8 Å². The van der Waals surface area contributed by atoms with E-state index >= 15 is 0 Å². The SMILES string of the molecule is COc1cc(-n2nc(N)c3c2CCCC3)ccc1Cl. The Morgan fingerprint density at radius 1 is 1.32 bits per heavy atom. The van der Waals surface area contributed by atoms with Gasteiger partial charge in [0.2, 0.25) is 0 Å². The summed E-state index contributed by atoms with van der Waals surface area (Å²) in [7, 11) is 1.61. The van der Waals surface area contributed by atoms with Gasteiger partial charge in [-0.3, -0.25) is 0 Å². The minimum atomic E-state index is 0.597. The van der Waals surface area contributed by atoms with Crippen LogP contribution in [0.5, 0.6) is 5.75 Å².